The van der Waals surface area contributed by atoms with Gasteiger partial charge in [0.2, 0.25) is 6.79 Å². The average Bonchev–Trinajstić information content (AvgIpc) is 2.92. The van der Waals surface area contributed by atoms with Crippen molar-refractivity contribution in [2.75, 3.05) is 27.1 Å². The average molecular weight is 295 g/mol. The highest BCUT2D eigenvalue weighted by atomic mass is 16.7. The number of carboxylic acids is 1. The Morgan fingerprint density at radius 2 is 2.14 bits per heavy atom. The molecule has 1 aromatic carbocycles. The molecule has 0 amide bonds. The third kappa shape index (κ3) is 3.93. The summed E-state index contributed by atoms with van der Waals surface area (Å²) in [6, 6.07) is 4.00. The number of ether oxygens (including phenoxy) is 3. The number of benzene rings is 1. The van der Waals surface area contributed by atoms with E-state index in [9.17, 15) is 9.59 Å². The SMILES string of the molecule is COCCNC(CC(=O)O)C(=O)c1ccc2c(c1)OCO2. The van der Waals surface area contributed by atoms with Crippen LogP contribution < -0.4 is 14.8 Å². The molecule has 0 fully saturated rings. The van der Waals surface area contributed by atoms with Crippen molar-refractivity contribution < 1.29 is 28.9 Å². The van der Waals surface area contributed by atoms with E-state index in [0.717, 1.165) is 0 Å². The normalized spacial score (nSPS) is 14.0. The van der Waals surface area contributed by atoms with Crippen molar-refractivity contribution in [3.63, 3.8) is 0 Å². The predicted octanol–water partition coefficient (Wildman–Crippen LogP) is 0.677. The first-order chi connectivity index (χ1) is 10.1. The van der Waals surface area contributed by atoms with Crippen molar-refractivity contribution in [1.29, 1.82) is 0 Å². The molecule has 1 aromatic rings. The lowest BCUT2D eigenvalue weighted by atomic mass is 10.0. The number of rotatable bonds is 8. The summed E-state index contributed by atoms with van der Waals surface area (Å²) in [7, 11) is 1.54. The molecule has 0 aromatic heterocycles. The molecule has 0 spiro atoms. The number of carbonyl (C=O) groups is 2. The van der Waals surface area contributed by atoms with Crippen LogP contribution in [0.4, 0.5) is 0 Å². The number of ketones is 1. The van der Waals surface area contributed by atoms with Crippen molar-refractivity contribution in [2.45, 2.75) is 12.5 Å². The minimum Gasteiger partial charge on any atom is -0.481 e. The lowest BCUT2D eigenvalue weighted by molar-refractivity contribution is -0.137. The second kappa shape index (κ2) is 7.05. The van der Waals surface area contributed by atoms with E-state index in [4.69, 9.17) is 19.3 Å². The number of fused-ring (bicyclic) bond motifs is 1. The fraction of sp³-hybridized carbons (Fsp3) is 0.429. The maximum absolute atomic E-state index is 12.4. The van der Waals surface area contributed by atoms with E-state index < -0.39 is 12.0 Å². The molecule has 0 saturated carbocycles. The Morgan fingerprint density at radius 3 is 2.86 bits per heavy atom. The molecule has 0 radical (unpaired) electrons. The van der Waals surface area contributed by atoms with Crippen LogP contribution in [0.25, 0.3) is 0 Å². The molecule has 114 valence electrons. The van der Waals surface area contributed by atoms with Crippen molar-refractivity contribution in [3.05, 3.63) is 23.8 Å². The van der Waals surface area contributed by atoms with Gasteiger partial charge >= 0.3 is 5.97 Å². The standard InChI is InChI=1S/C14H17NO6/c1-19-5-4-15-10(7-13(16)17)14(18)9-2-3-11-12(6-9)21-8-20-11/h2-3,6,10,15H,4-5,7-8H2,1H3,(H,16,17). The summed E-state index contributed by atoms with van der Waals surface area (Å²) in [6.07, 6.45) is -0.295. The van der Waals surface area contributed by atoms with Gasteiger partial charge in [-0.15, -0.1) is 0 Å². The first kappa shape index (κ1) is 15.3. The van der Waals surface area contributed by atoms with Gasteiger partial charge in [-0.05, 0) is 18.2 Å². The van der Waals surface area contributed by atoms with Crippen molar-refractivity contribution >= 4 is 11.8 Å². The smallest absolute Gasteiger partial charge is 0.305 e. The Hall–Kier alpha value is -2.12. The Kier molecular flexibility index (Phi) is 5.13. The van der Waals surface area contributed by atoms with Crippen LogP contribution in [0.1, 0.15) is 16.8 Å². The summed E-state index contributed by atoms with van der Waals surface area (Å²) in [5.74, 6) is -0.272. The fourth-order valence-electron chi connectivity index (χ4n) is 2.02. The van der Waals surface area contributed by atoms with Crippen LogP contribution in [0.5, 0.6) is 11.5 Å². The fourth-order valence-corrected chi connectivity index (χ4v) is 2.02. The van der Waals surface area contributed by atoms with E-state index in [1.807, 2.05) is 0 Å². The van der Waals surface area contributed by atoms with Crippen LogP contribution in [0.2, 0.25) is 0 Å². The van der Waals surface area contributed by atoms with Gasteiger partial charge < -0.3 is 24.6 Å². The van der Waals surface area contributed by atoms with Gasteiger partial charge in [0.1, 0.15) is 0 Å². The molecule has 0 saturated heterocycles. The number of carboxylic acid groups (broad SMARTS) is 1. The van der Waals surface area contributed by atoms with Gasteiger partial charge in [-0.2, -0.15) is 0 Å². The minimum absolute atomic E-state index is 0.123. The highest BCUT2D eigenvalue weighted by Gasteiger charge is 2.24. The van der Waals surface area contributed by atoms with Crippen LogP contribution in [0.3, 0.4) is 0 Å². The highest BCUT2D eigenvalue weighted by Crippen LogP contribution is 2.32. The number of hydrogen-bond acceptors (Lipinski definition) is 6. The Labute approximate surface area is 121 Å². The first-order valence-electron chi connectivity index (χ1n) is 6.50. The Balaban J connectivity index is 2.10. The third-order valence-electron chi connectivity index (χ3n) is 3.05. The zero-order valence-corrected chi connectivity index (χ0v) is 11.6. The molecule has 1 atom stereocenters. The van der Waals surface area contributed by atoms with E-state index in [1.54, 1.807) is 18.2 Å². The van der Waals surface area contributed by atoms with E-state index >= 15 is 0 Å². The maximum atomic E-state index is 12.4. The van der Waals surface area contributed by atoms with Gasteiger partial charge in [-0.25, -0.2) is 0 Å². The lowest BCUT2D eigenvalue weighted by Gasteiger charge is -2.15. The van der Waals surface area contributed by atoms with Gasteiger partial charge in [0.05, 0.1) is 19.1 Å². The molecule has 1 heterocycles. The summed E-state index contributed by atoms with van der Waals surface area (Å²) in [4.78, 5) is 23.3. The van der Waals surface area contributed by atoms with Gasteiger partial charge in [0.25, 0.3) is 0 Å². The van der Waals surface area contributed by atoms with Gasteiger partial charge in [0.15, 0.2) is 17.3 Å². The second-order valence-electron chi connectivity index (χ2n) is 4.53. The molecular weight excluding hydrogens is 278 g/mol. The molecule has 1 unspecified atom stereocenters. The van der Waals surface area contributed by atoms with E-state index in [2.05, 4.69) is 5.32 Å². The summed E-state index contributed by atoms with van der Waals surface area (Å²) < 4.78 is 15.3. The summed E-state index contributed by atoms with van der Waals surface area (Å²) in [5.41, 5.74) is 0.385. The first-order valence-corrected chi connectivity index (χ1v) is 6.50. The van der Waals surface area contributed by atoms with Crippen LogP contribution >= 0.6 is 0 Å². The summed E-state index contributed by atoms with van der Waals surface area (Å²) >= 11 is 0. The van der Waals surface area contributed by atoms with Gasteiger partial charge in [0, 0.05) is 19.2 Å². The maximum Gasteiger partial charge on any atom is 0.305 e. The molecule has 0 aliphatic carbocycles. The van der Waals surface area contributed by atoms with E-state index in [-0.39, 0.29) is 19.0 Å². The van der Waals surface area contributed by atoms with Crippen LogP contribution in [0.15, 0.2) is 18.2 Å². The highest BCUT2D eigenvalue weighted by molar-refractivity contribution is 6.02. The molecule has 21 heavy (non-hydrogen) atoms. The molecule has 1 aliphatic heterocycles. The van der Waals surface area contributed by atoms with Crippen LogP contribution in [0, 0.1) is 0 Å². The van der Waals surface area contributed by atoms with Crippen LogP contribution in [-0.2, 0) is 9.53 Å². The molecular formula is C14H17NO6. The Morgan fingerprint density at radius 1 is 1.38 bits per heavy atom. The van der Waals surface area contributed by atoms with Crippen molar-refractivity contribution in [1.82, 2.24) is 5.32 Å². The number of aliphatic carboxylic acids is 1. The molecule has 0 bridgehead atoms. The predicted molar refractivity (Wildman–Crippen MR) is 72.8 cm³/mol. The molecule has 7 nitrogen and oxygen atoms in total. The van der Waals surface area contributed by atoms with Crippen molar-refractivity contribution in [3.8, 4) is 11.5 Å². The number of methoxy groups -OCH3 is 1. The topological polar surface area (TPSA) is 94.1 Å². The Bertz CT molecular complexity index is 530. The largest absolute Gasteiger partial charge is 0.481 e. The van der Waals surface area contributed by atoms with Gasteiger partial charge in [-0.3, -0.25) is 9.59 Å². The van der Waals surface area contributed by atoms with Gasteiger partial charge in [-0.1, -0.05) is 0 Å². The van der Waals surface area contributed by atoms with Crippen LogP contribution in [-0.4, -0.2) is 50.0 Å². The molecule has 1 aliphatic rings. The second-order valence-corrected chi connectivity index (χ2v) is 4.53. The zero-order valence-electron chi connectivity index (χ0n) is 11.6. The van der Waals surface area contributed by atoms with E-state index in [1.165, 1.54) is 7.11 Å². The molecule has 2 rings (SSSR count). The molecule has 7 heteroatoms. The number of hydrogen-bond donors (Lipinski definition) is 2. The minimum atomic E-state index is -1.04. The summed E-state index contributed by atoms with van der Waals surface area (Å²) in [5, 5.41) is 11.8. The number of Topliss-reactive ketones (excluding diaryl/α,β-unsaturated/α-hetero) is 1. The van der Waals surface area contributed by atoms with Crippen molar-refractivity contribution in [2.24, 2.45) is 0 Å². The third-order valence-corrected chi connectivity index (χ3v) is 3.05. The monoisotopic (exact) mass is 295 g/mol. The number of carbonyl (C=O) groups excluding carboxylic acids is 1. The zero-order chi connectivity index (χ0) is 15.2. The summed E-state index contributed by atoms with van der Waals surface area (Å²) in [6.45, 7) is 0.910. The number of nitrogens with one attached hydrogen (secondary N) is 1. The van der Waals surface area contributed by atoms with E-state index in [0.29, 0.717) is 30.2 Å². The quantitative estimate of drug-likeness (QED) is 0.538. The molecule has 2 N–H and O–H groups in total. The lowest BCUT2D eigenvalue weighted by Crippen LogP contribution is -2.40.